The van der Waals surface area contributed by atoms with Gasteiger partial charge in [0.15, 0.2) is 0 Å². The number of pyridine rings is 2. The van der Waals surface area contributed by atoms with Crippen LogP contribution in [-0.4, -0.2) is 21.2 Å². The SMILES string of the molecule is S=C(NN=Cc1ccncc1)c1ccncc1. The van der Waals surface area contributed by atoms with Crippen molar-refractivity contribution >= 4 is 23.4 Å². The Bertz CT molecular complexity index is 511. The van der Waals surface area contributed by atoms with E-state index in [1.165, 1.54) is 0 Å². The molecule has 0 radical (unpaired) electrons. The summed E-state index contributed by atoms with van der Waals surface area (Å²) < 4.78 is 0. The van der Waals surface area contributed by atoms with Crippen LogP contribution >= 0.6 is 12.2 Å². The summed E-state index contributed by atoms with van der Waals surface area (Å²) in [6.45, 7) is 0. The zero-order chi connectivity index (χ0) is 11.9. The van der Waals surface area contributed by atoms with Crippen molar-refractivity contribution in [2.24, 2.45) is 5.10 Å². The summed E-state index contributed by atoms with van der Waals surface area (Å²) in [5, 5.41) is 4.05. The summed E-state index contributed by atoms with van der Waals surface area (Å²) in [7, 11) is 0. The van der Waals surface area contributed by atoms with Crippen LogP contribution in [0, 0.1) is 0 Å². The average molecular weight is 242 g/mol. The minimum absolute atomic E-state index is 0.567. The zero-order valence-corrected chi connectivity index (χ0v) is 9.76. The Kier molecular flexibility index (Phi) is 3.88. The van der Waals surface area contributed by atoms with E-state index in [2.05, 4.69) is 20.5 Å². The molecule has 0 fully saturated rings. The molecule has 0 bridgehead atoms. The number of hydrogen-bond donors (Lipinski definition) is 1. The van der Waals surface area contributed by atoms with E-state index < -0.39 is 0 Å². The van der Waals surface area contributed by atoms with Crippen LogP contribution in [0.4, 0.5) is 0 Å². The molecule has 0 aliphatic heterocycles. The summed E-state index contributed by atoms with van der Waals surface area (Å²) in [6.07, 6.45) is 8.49. The van der Waals surface area contributed by atoms with Crippen molar-refractivity contribution in [3.05, 3.63) is 60.2 Å². The van der Waals surface area contributed by atoms with Gasteiger partial charge in [0.25, 0.3) is 0 Å². The third-order valence-corrected chi connectivity index (χ3v) is 2.36. The Morgan fingerprint density at radius 2 is 1.65 bits per heavy atom. The second kappa shape index (κ2) is 5.81. The molecule has 0 atom stereocenters. The van der Waals surface area contributed by atoms with E-state index in [-0.39, 0.29) is 0 Å². The maximum Gasteiger partial charge on any atom is 0.126 e. The molecule has 0 saturated carbocycles. The number of aromatic nitrogens is 2. The minimum atomic E-state index is 0.567. The fraction of sp³-hybridized carbons (Fsp3) is 0. The average Bonchev–Trinajstić information content (AvgIpc) is 2.41. The molecule has 0 unspecified atom stereocenters. The topological polar surface area (TPSA) is 50.2 Å². The van der Waals surface area contributed by atoms with Gasteiger partial charge < -0.3 is 0 Å². The van der Waals surface area contributed by atoms with Crippen LogP contribution in [0.3, 0.4) is 0 Å². The fourth-order valence-corrected chi connectivity index (χ4v) is 1.37. The largest absolute Gasteiger partial charge is 0.267 e. The van der Waals surface area contributed by atoms with Crippen molar-refractivity contribution in [2.75, 3.05) is 0 Å². The Labute approximate surface area is 104 Å². The number of hydrazone groups is 1. The number of hydrogen-bond acceptors (Lipinski definition) is 4. The Morgan fingerprint density at radius 1 is 1.06 bits per heavy atom. The van der Waals surface area contributed by atoms with Crippen LogP contribution < -0.4 is 5.43 Å². The molecule has 0 aliphatic rings. The lowest BCUT2D eigenvalue weighted by atomic mass is 10.3. The van der Waals surface area contributed by atoms with Crippen molar-refractivity contribution in [1.82, 2.24) is 15.4 Å². The van der Waals surface area contributed by atoms with Crippen molar-refractivity contribution in [2.45, 2.75) is 0 Å². The predicted octanol–water partition coefficient (Wildman–Crippen LogP) is 1.78. The van der Waals surface area contributed by atoms with Gasteiger partial charge in [-0.3, -0.25) is 15.4 Å². The molecule has 0 saturated heterocycles. The van der Waals surface area contributed by atoms with Crippen molar-refractivity contribution in [3.8, 4) is 0 Å². The summed E-state index contributed by atoms with van der Waals surface area (Å²) in [5.41, 5.74) is 4.65. The zero-order valence-electron chi connectivity index (χ0n) is 8.95. The lowest BCUT2D eigenvalue weighted by molar-refractivity contribution is 1.05. The van der Waals surface area contributed by atoms with Crippen LogP contribution in [0.5, 0.6) is 0 Å². The molecule has 0 amide bonds. The molecule has 0 aliphatic carbocycles. The van der Waals surface area contributed by atoms with Crippen molar-refractivity contribution in [1.29, 1.82) is 0 Å². The monoisotopic (exact) mass is 242 g/mol. The summed E-state index contributed by atoms with van der Waals surface area (Å²) >= 11 is 5.17. The highest BCUT2D eigenvalue weighted by molar-refractivity contribution is 7.80. The summed E-state index contributed by atoms with van der Waals surface area (Å²) in [5.74, 6) is 0. The molecule has 5 heteroatoms. The van der Waals surface area contributed by atoms with Crippen molar-refractivity contribution < 1.29 is 0 Å². The molecule has 1 N–H and O–H groups in total. The molecule has 2 rings (SSSR count). The second-order valence-electron chi connectivity index (χ2n) is 3.22. The molecule has 0 spiro atoms. The highest BCUT2D eigenvalue weighted by atomic mass is 32.1. The normalized spacial score (nSPS) is 10.4. The highest BCUT2D eigenvalue weighted by Crippen LogP contribution is 1.97. The smallest absolute Gasteiger partial charge is 0.126 e. The van der Waals surface area contributed by atoms with Crippen LogP contribution in [0.15, 0.2) is 54.2 Å². The Morgan fingerprint density at radius 3 is 2.29 bits per heavy atom. The number of nitrogens with zero attached hydrogens (tertiary/aromatic N) is 3. The fourth-order valence-electron chi connectivity index (χ4n) is 1.18. The number of thiocarbonyl (C=S) groups is 1. The number of nitrogens with one attached hydrogen (secondary N) is 1. The molecular weight excluding hydrogens is 232 g/mol. The molecule has 4 nitrogen and oxygen atoms in total. The van der Waals surface area contributed by atoms with Gasteiger partial charge in [-0.05, 0) is 29.8 Å². The first-order valence-corrected chi connectivity index (χ1v) is 5.40. The molecule has 17 heavy (non-hydrogen) atoms. The first-order chi connectivity index (χ1) is 8.36. The Balaban J connectivity index is 1.95. The van der Waals surface area contributed by atoms with E-state index >= 15 is 0 Å². The van der Waals surface area contributed by atoms with E-state index in [1.807, 2.05) is 24.3 Å². The van der Waals surface area contributed by atoms with Crippen molar-refractivity contribution in [3.63, 3.8) is 0 Å². The van der Waals surface area contributed by atoms with Gasteiger partial charge in [0, 0.05) is 30.4 Å². The molecule has 84 valence electrons. The van der Waals surface area contributed by atoms with Gasteiger partial charge in [-0.1, -0.05) is 12.2 Å². The van der Waals surface area contributed by atoms with Crippen LogP contribution in [0.2, 0.25) is 0 Å². The van der Waals surface area contributed by atoms with Gasteiger partial charge in [-0.2, -0.15) is 5.10 Å². The lowest BCUT2D eigenvalue weighted by Crippen LogP contribution is -2.16. The molecular formula is C12H10N4S. The van der Waals surface area contributed by atoms with E-state index in [1.54, 1.807) is 31.0 Å². The van der Waals surface area contributed by atoms with Gasteiger partial charge in [-0.15, -0.1) is 0 Å². The molecule has 2 aromatic heterocycles. The van der Waals surface area contributed by atoms with E-state index in [0.29, 0.717) is 4.99 Å². The first kappa shape index (κ1) is 11.3. The summed E-state index contributed by atoms with van der Waals surface area (Å²) in [4.78, 5) is 8.41. The molecule has 2 aromatic rings. The number of rotatable bonds is 3. The van der Waals surface area contributed by atoms with E-state index in [0.717, 1.165) is 11.1 Å². The third-order valence-electron chi connectivity index (χ3n) is 2.03. The molecule has 0 aromatic carbocycles. The second-order valence-corrected chi connectivity index (χ2v) is 3.62. The van der Waals surface area contributed by atoms with Gasteiger partial charge >= 0.3 is 0 Å². The van der Waals surface area contributed by atoms with E-state index in [9.17, 15) is 0 Å². The predicted molar refractivity (Wildman–Crippen MR) is 70.9 cm³/mol. The lowest BCUT2D eigenvalue weighted by Gasteiger charge is -2.01. The summed E-state index contributed by atoms with van der Waals surface area (Å²) in [6, 6.07) is 7.38. The van der Waals surface area contributed by atoms with Gasteiger partial charge in [0.1, 0.15) is 4.99 Å². The third kappa shape index (κ3) is 3.42. The van der Waals surface area contributed by atoms with Gasteiger partial charge in [0.05, 0.1) is 6.21 Å². The van der Waals surface area contributed by atoms with Gasteiger partial charge in [-0.25, -0.2) is 0 Å². The maximum absolute atomic E-state index is 5.17. The Hall–Kier alpha value is -2.14. The van der Waals surface area contributed by atoms with Crippen LogP contribution in [0.25, 0.3) is 0 Å². The minimum Gasteiger partial charge on any atom is -0.267 e. The standard InChI is InChI=1S/C12H10N4S/c17-12(11-3-7-14-8-4-11)16-15-9-10-1-5-13-6-2-10/h1-9H,(H,16,17). The van der Waals surface area contributed by atoms with E-state index in [4.69, 9.17) is 12.2 Å². The molecule has 2 heterocycles. The first-order valence-electron chi connectivity index (χ1n) is 5.00. The van der Waals surface area contributed by atoms with Gasteiger partial charge in [0.2, 0.25) is 0 Å². The highest BCUT2D eigenvalue weighted by Gasteiger charge is 1.96. The quantitative estimate of drug-likeness (QED) is 0.506. The van der Waals surface area contributed by atoms with Crippen LogP contribution in [0.1, 0.15) is 11.1 Å². The van der Waals surface area contributed by atoms with Crippen LogP contribution in [-0.2, 0) is 0 Å². The maximum atomic E-state index is 5.17.